The van der Waals surface area contributed by atoms with Gasteiger partial charge in [0.25, 0.3) is 0 Å². The number of hydrogen-bond donors (Lipinski definition) is 8. The minimum absolute atomic E-state index is 0.00787. The largest absolute Gasteiger partial charge is 0.480 e. The van der Waals surface area contributed by atoms with E-state index in [-0.39, 0.29) is 31.4 Å². The zero-order valence-electron chi connectivity index (χ0n) is 24.3. The molecule has 1 aliphatic heterocycles. The van der Waals surface area contributed by atoms with Crippen LogP contribution in [-0.4, -0.2) is 156 Å². The van der Waals surface area contributed by atoms with Crippen LogP contribution < -0.4 is 21.7 Å². The number of nitrogens with one attached hydrogen (secondary N) is 3. The summed E-state index contributed by atoms with van der Waals surface area (Å²) in [6.45, 7) is 6.74. The molecule has 0 aromatic carbocycles. The maximum absolute atomic E-state index is 12.6. The lowest BCUT2D eigenvalue weighted by atomic mass is 9.77. The second-order valence-corrected chi connectivity index (χ2v) is 10.4. The van der Waals surface area contributed by atoms with Gasteiger partial charge < -0.3 is 46.8 Å². The Kier molecular flexibility index (Phi) is 19.1. The van der Waals surface area contributed by atoms with Gasteiger partial charge in [-0.05, 0) is 45.1 Å². The van der Waals surface area contributed by atoms with Gasteiger partial charge in [0.05, 0.1) is 31.6 Å². The van der Waals surface area contributed by atoms with Gasteiger partial charge in [-0.1, -0.05) is 6.92 Å². The predicted octanol–water partition coefficient (Wildman–Crippen LogP) is -3.03. The van der Waals surface area contributed by atoms with Crippen molar-refractivity contribution in [3.05, 3.63) is 0 Å². The highest BCUT2D eigenvalue weighted by Crippen LogP contribution is 2.19. The van der Waals surface area contributed by atoms with E-state index in [2.05, 4.69) is 16.0 Å². The first-order chi connectivity index (χ1) is 19.5. The van der Waals surface area contributed by atoms with E-state index < -0.39 is 31.0 Å². The third-order valence-corrected chi connectivity index (χ3v) is 6.86. The van der Waals surface area contributed by atoms with Gasteiger partial charge in [-0.15, -0.1) is 0 Å². The monoisotopic (exact) mass is 587 g/mol. The lowest BCUT2D eigenvalue weighted by Crippen LogP contribution is -2.51. The SMILES string of the molecule is CCCN(CCNCCN(CCNCC(=O)O)CC(=O)NCCCC[C@H](N)C(=O)N1CCC[C@H]1B(O)O)CC(=O)O. The number of carboxylic acids is 2. The number of amides is 2. The number of likely N-dealkylation sites (tertiary alicyclic amines) is 1. The summed E-state index contributed by atoms with van der Waals surface area (Å²) in [6.07, 6.45) is 3.78. The normalized spacial score (nSPS) is 15.9. The van der Waals surface area contributed by atoms with Crippen LogP contribution in [0.2, 0.25) is 0 Å². The Morgan fingerprint density at radius 3 is 2.15 bits per heavy atom. The standard InChI is InChI=1S/C25H50BN7O8/c1-2-12-31(19-24(37)38)14-9-28-10-15-32(16-11-29-17-23(35)36)18-22(34)30-8-4-3-6-20(27)25(39)33-13-5-7-21(33)26(40)41/h20-21,28-29,40-41H,2-19,27H2,1H3,(H,30,34)(H,35,36)(H,37,38)/t20-,21-/m0/s1. The molecule has 236 valence electrons. The molecule has 1 aliphatic rings. The molecule has 0 aliphatic carbocycles. The molecule has 0 saturated carbocycles. The van der Waals surface area contributed by atoms with Crippen molar-refractivity contribution < 1.29 is 39.4 Å². The second kappa shape index (κ2) is 21.4. The van der Waals surface area contributed by atoms with Crippen molar-refractivity contribution in [2.24, 2.45) is 5.73 Å². The zero-order valence-corrected chi connectivity index (χ0v) is 24.3. The van der Waals surface area contributed by atoms with Gasteiger partial charge in [0.2, 0.25) is 11.8 Å². The van der Waals surface area contributed by atoms with Gasteiger partial charge in [0.1, 0.15) is 0 Å². The van der Waals surface area contributed by atoms with E-state index in [9.17, 15) is 29.2 Å². The Morgan fingerprint density at radius 1 is 0.927 bits per heavy atom. The van der Waals surface area contributed by atoms with Gasteiger partial charge in [0, 0.05) is 52.4 Å². The van der Waals surface area contributed by atoms with E-state index in [1.807, 2.05) is 16.7 Å². The number of nitrogens with zero attached hydrogens (tertiary/aromatic N) is 3. The highest BCUT2D eigenvalue weighted by molar-refractivity contribution is 6.43. The lowest BCUT2D eigenvalue weighted by molar-refractivity contribution is -0.138. The fraction of sp³-hybridized carbons (Fsp3) is 0.840. The molecule has 1 fully saturated rings. The van der Waals surface area contributed by atoms with Crippen LogP contribution in [0, 0.1) is 0 Å². The summed E-state index contributed by atoms with van der Waals surface area (Å²) in [7, 11) is -1.58. The highest BCUT2D eigenvalue weighted by atomic mass is 16.4. The van der Waals surface area contributed by atoms with E-state index in [4.69, 9.17) is 15.9 Å². The van der Waals surface area contributed by atoms with E-state index in [1.54, 1.807) is 0 Å². The van der Waals surface area contributed by atoms with Crippen LogP contribution in [0.3, 0.4) is 0 Å². The molecular weight excluding hydrogens is 537 g/mol. The third-order valence-electron chi connectivity index (χ3n) is 6.86. The average molecular weight is 588 g/mol. The molecule has 9 N–H and O–H groups in total. The summed E-state index contributed by atoms with van der Waals surface area (Å²) in [5, 5.41) is 45.7. The van der Waals surface area contributed by atoms with Gasteiger partial charge >= 0.3 is 19.1 Å². The molecule has 16 heteroatoms. The first kappa shape index (κ1) is 36.7. The predicted molar refractivity (Wildman–Crippen MR) is 154 cm³/mol. The van der Waals surface area contributed by atoms with Crippen LogP contribution in [0.1, 0.15) is 45.4 Å². The minimum Gasteiger partial charge on any atom is -0.480 e. The fourth-order valence-electron chi connectivity index (χ4n) is 4.77. The number of rotatable bonds is 24. The van der Waals surface area contributed by atoms with Crippen molar-refractivity contribution in [2.45, 2.75) is 57.4 Å². The molecule has 1 heterocycles. The van der Waals surface area contributed by atoms with Crippen LogP contribution in [0.4, 0.5) is 0 Å². The molecule has 41 heavy (non-hydrogen) atoms. The molecule has 15 nitrogen and oxygen atoms in total. The smallest absolute Gasteiger partial charge is 0.475 e. The zero-order chi connectivity index (χ0) is 30.6. The molecule has 0 bridgehead atoms. The maximum atomic E-state index is 12.6. The number of carbonyl (C=O) groups is 4. The molecule has 1 saturated heterocycles. The number of carbonyl (C=O) groups excluding carboxylic acids is 2. The molecule has 0 aromatic heterocycles. The van der Waals surface area contributed by atoms with Crippen LogP contribution in [0.15, 0.2) is 0 Å². The molecule has 0 radical (unpaired) electrons. The van der Waals surface area contributed by atoms with E-state index in [1.165, 1.54) is 4.90 Å². The average Bonchev–Trinajstić information content (AvgIpc) is 3.40. The van der Waals surface area contributed by atoms with Crippen molar-refractivity contribution in [1.82, 2.24) is 30.7 Å². The molecule has 2 amide bonds. The number of nitrogens with two attached hydrogens (primary N) is 1. The van der Waals surface area contributed by atoms with E-state index in [0.717, 1.165) is 6.42 Å². The Labute approximate surface area is 242 Å². The van der Waals surface area contributed by atoms with Crippen LogP contribution >= 0.6 is 0 Å². The van der Waals surface area contributed by atoms with Gasteiger partial charge in [0.15, 0.2) is 0 Å². The first-order valence-electron chi connectivity index (χ1n) is 14.5. The summed E-state index contributed by atoms with van der Waals surface area (Å²) in [5.41, 5.74) is 6.04. The van der Waals surface area contributed by atoms with Gasteiger partial charge in [-0.25, -0.2) is 0 Å². The minimum atomic E-state index is -1.58. The van der Waals surface area contributed by atoms with Crippen LogP contribution in [0.5, 0.6) is 0 Å². The maximum Gasteiger partial charge on any atom is 0.475 e. The number of hydrogen-bond acceptors (Lipinski definition) is 11. The van der Waals surface area contributed by atoms with Crippen molar-refractivity contribution in [3.63, 3.8) is 0 Å². The molecule has 0 aromatic rings. The Morgan fingerprint density at radius 2 is 1.56 bits per heavy atom. The van der Waals surface area contributed by atoms with E-state index >= 15 is 0 Å². The Hall–Kier alpha value is -2.34. The summed E-state index contributed by atoms with van der Waals surface area (Å²) >= 11 is 0. The Bertz CT molecular complexity index is 795. The van der Waals surface area contributed by atoms with E-state index in [0.29, 0.717) is 91.0 Å². The second-order valence-electron chi connectivity index (χ2n) is 10.4. The molecule has 0 spiro atoms. The summed E-state index contributed by atoms with van der Waals surface area (Å²) in [6, 6.07) is -0.732. The van der Waals surface area contributed by atoms with Gasteiger partial charge in [-0.3, -0.25) is 29.0 Å². The van der Waals surface area contributed by atoms with Crippen molar-refractivity contribution in [2.75, 3.05) is 78.5 Å². The van der Waals surface area contributed by atoms with Crippen LogP contribution in [0.25, 0.3) is 0 Å². The highest BCUT2D eigenvalue weighted by Gasteiger charge is 2.38. The Balaban J connectivity index is 2.37. The first-order valence-corrected chi connectivity index (χ1v) is 14.5. The third kappa shape index (κ3) is 16.6. The molecule has 2 atom stereocenters. The summed E-state index contributed by atoms with van der Waals surface area (Å²) < 4.78 is 0. The molecular formula is C25H50BN7O8. The van der Waals surface area contributed by atoms with Crippen molar-refractivity contribution in [1.29, 1.82) is 0 Å². The van der Waals surface area contributed by atoms with Crippen molar-refractivity contribution in [3.8, 4) is 0 Å². The summed E-state index contributed by atoms with van der Waals surface area (Å²) in [4.78, 5) is 52.1. The van der Waals surface area contributed by atoms with Crippen LogP contribution in [-0.2, 0) is 19.2 Å². The molecule has 0 unspecified atom stereocenters. The topological polar surface area (TPSA) is 221 Å². The summed E-state index contributed by atoms with van der Waals surface area (Å²) in [5.74, 6) is -2.89. The number of unbranched alkanes of at least 4 members (excludes halogenated alkanes) is 1. The number of aliphatic carboxylic acids is 2. The molecule has 1 rings (SSSR count). The fourth-order valence-corrected chi connectivity index (χ4v) is 4.77. The lowest BCUT2D eigenvalue weighted by Gasteiger charge is -2.26. The van der Waals surface area contributed by atoms with Crippen molar-refractivity contribution >= 4 is 30.9 Å². The van der Waals surface area contributed by atoms with Gasteiger partial charge in [-0.2, -0.15) is 0 Å². The number of carboxylic acid groups (broad SMARTS) is 2. The quantitative estimate of drug-likeness (QED) is 0.0416.